The van der Waals surface area contributed by atoms with Gasteiger partial charge in [-0.2, -0.15) is 0 Å². The summed E-state index contributed by atoms with van der Waals surface area (Å²) in [6, 6.07) is 15.3. The van der Waals surface area contributed by atoms with Crippen LogP contribution in [0.3, 0.4) is 0 Å². The number of hydrogen-bond donors (Lipinski definition) is 1. The Morgan fingerprint density at radius 3 is 2.55 bits per heavy atom. The van der Waals surface area contributed by atoms with Gasteiger partial charge in [-0.1, -0.05) is 24.3 Å². The number of benzene rings is 2. The molecule has 0 heterocycles. The zero-order valence-corrected chi connectivity index (χ0v) is 11.3. The first-order valence-corrected chi connectivity index (χ1v) is 6.54. The lowest BCUT2D eigenvalue weighted by Crippen LogP contribution is -2.03. The molecule has 0 unspecified atom stereocenters. The molecule has 0 amide bonds. The molecule has 3 nitrogen and oxygen atoms in total. The number of allylic oxidation sites excluding steroid dienone is 1. The quantitative estimate of drug-likeness (QED) is 0.782. The van der Waals surface area contributed by atoms with Crippen LogP contribution in [0.2, 0.25) is 0 Å². The second-order valence-corrected chi connectivity index (χ2v) is 4.25. The normalized spacial score (nSPS) is 10.1. The first kappa shape index (κ1) is 14.2. The van der Waals surface area contributed by atoms with E-state index in [2.05, 4.69) is 6.58 Å². The molecule has 0 radical (unpaired) electrons. The molecule has 2 aromatic carbocycles. The lowest BCUT2D eigenvalue weighted by Gasteiger charge is -2.12. The monoisotopic (exact) mass is 270 g/mol. The fourth-order valence-corrected chi connectivity index (χ4v) is 1.86. The third-order valence-electron chi connectivity index (χ3n) is 2.72. The summed E-state index contributed by atoms with van der Waals surface area (Å²) < 4.78 is 11.3. The van der Waals surface area contributed by atoms with E-state index < -0.39 is 0 Å². The molecule has 1 N–H and O–H groups in total. The largest absolute Gasteiger partial charge is 0.491 e. The van der Waals surface area contributed by atoms with Crippen LogP contribution in [0.4, 0.5) is 0 Å². The Hall–Kier alpha value is -2.26. The van der Waals surface area contributed by atoms with Gasteiger partial charge in [0.15, 0.2) is 0 Å². The number of rotatable bonds is 7. The Labute approximate surface area is 119 Å². The molecule has 0 fully saturated rings. The Balaban J connectivity index is 2.18. The van der Waals surface area contributed by atoms with Crippen LogP contribution in [-0.4, -0.2) is 18.3 Å². The molecule has 0 aromatic heterocycles. The highest BCUT2D eigenvalue weighted by atomic mass is 16.5. The van der Waals surface area contributed by atoms with Crippen LogP contribution in [0, 0.1) is 0 Å². The fourth-order valence-electron chi connectivity index (χ4n) is 1.86. The van der Waals surface area contributed by atoms with Crippen molar-refractivity contribution in [3.05, 3.63) is 66.7 Å². The Morgan fingerprint density at radius 2 is 1.85 bits per heavy atom. The number of ether oxygens (including phenoxy) is 2. The Kier molecular flexibility index (Phi) is 5.21. The maximum absolute atomic E-state index is 8.83. The molecule has 2 aromatic rings. The Bertz CT molecular complexity index is 549. The summed E-state index contributed by atoms with van der Waals surface area (Å²) in [7, 11) is 0. The summed E-state index contributed by atoms with van der Waals surface area (Å²) in [5.74, 6) is 2.30. The molecule has 0 saturated heterocycles. The topological polar surface area (TPSA) is 38.7 Å². The average molecular weight is 270 g/mol. The zero-order valence-electron chi connectivity index (χ0n) is 11.3. The minimum atomic E-state index is -0.00417. The van der Waals surface area contributed by atoms with Crippen molar-refractivity contribution < 1.29 is 14.6 Å². The van der Waals surface area contributed by atoms with Crippen molar-refractivity contribution in [2.45, 2.75) is 6.42 Å². The molecule has 3 heteroatoms. The van der Waals surface area contributed by atoms with Gasteiger partial charge in [0.2, 0.25) is 0 Å². The first-order chi connectivity index (χ1) is 9.83. The maximum atomic E-state index is 8.83. The van der Waals surface area contributed by atoms with Crippen LogP contribution in [0.25, 0.3) is 0 Å². The van der Waals surface area contributed by atoms with Crippen LogP contribution in [-0.2, 0) is 6.42 Å². The lowest BCUT2D eigenvalue weighted by molar-refractivity contribution is 0.200. The molecule has 0 aliphatic carbocycles. The SMILES string of the molecule is C=CCc1cc(Oc2ccccc2)ccc1OCCO. The highest BCUT2D eigenvalue weighted by molar-refractivity contribution is 5.43. The van der Waals surface area contributed by atoms with Gasteiger partial charge >= 0.3 is 0 Å². The van der Waals surface area contributed by atoms with Crippen molar-refractivity contribution in [3.63, 3.8) is 0 Å². The predicted molar refractivity (Wildman–Crippen MR) is 79.4 cm³/mol. The van der Waals surface area contributed by atoms with E-state index in [1.165, 1.54) is 0 Å². The van der Waals surface area contributed by atoms with E-state index in [4.69, 9.17) is 14.6 Å². The summed E-state index contributed by atoms with van der Waals surface area (Å²) in [5.41, 5.74) is 0.988. The standard InChI is InChI=1S/C17H18O3/c1-2-6-14-13-16(9-10-17(14)19-12-11-18)20-15-7-4-3-5-8-15/h2-5,7-10,13,18H,1,6,11-12H2. The summed E-state index contributed by atoms with van der Waals surface area (Å²) in [6.07, 6.45) is 2.50. The van der Waals surface area contributed by atoms with Gasteiger partial charge in [0.05, 0.1) is 6.61 Å². The molecule has 20 heavy (non-hydrogen) atoms. The van der Waals surface area contributed by atoms with Crippen LogP contribution < -0.4 is 9.47 Å². The van der Waals surface area contributed by atoms with Gasteiger partial charge in [-0.15, -0.1) is 6.58 Å². The number of aliphatic hydroxyl groups excluding tert-OH is 1. The van der Waals surface area contributed by atoms with Crippen LogP contribution in [0.1, 0.15) is 5.56 Å². The Morgan fingerprint density at radius 1 is 1.05 bits per heavy atom. The molecule has 2 rings (SSSR count). The lowest BCUT2D eigenvalue weighted by atomic mass is 10.1. The maximum Gasteiger partial charge on any atom is 0.127 e. The van der Waals surface area contributed by atoms with E-state index in [0.717, 1.165) is 22.8 Å². The summed E-state index contributed by atoms with van der Waals surface area (Å²) >= 11 is 0. The highest BCUT2D eigenvalue weighted by Gasteiger charge is 2.05. The van der Waals surface area contributed by atoms with Crippen molar-refractivity contribution in [2.75, 3.05) is 13.2 Å². The molecule has 0 aliphatic heterocycles. The van der Waals surface area contributed by atoms with Gasteiger partial charge in [0, 0.05) is 5.56 Å². The number of para-hydroxylation sites is 1. The smallest absolute Gasteiger partial charge is 0.127 e. The number of aliphatic hydroxyl groups is 1. The van der Waals surface area contributed by atoms with Crippen molar-refractivity contribution >= 4 is 0 Å². The van der Waals surface area contributed by atoms with Crippen LogP contribution in [0.15, 0.2) is 61.2 Å². The van der Waals surface area contributed by atoms with Gasteiger partial charge in [0.25, 0.3) is 0 Å². The van der Waals surface area contributed by atoms with E-state index in [1.54, 1.807) is 0 Å². The average Bonchev–Trinajstić information content (AvgIpc) is 2.48. The van der Waals surface area contributed by atoms with Crippen molar-refractivity contribution in [2.24, 2.45) is 0 Å². The summed E-state index contributed by atoms with van der Waals surface area (Å²) in [5, 5.41) is 8.83. The van der Waals surface area contributed by atoms with E-state index in [1.807, 2.05) is 54.6 Å². The second kappa shape index (κ2) is 7.36. The number of hydrogen-bond acceptors (Lipinski definition) is 3. The van der Waals surface area contributed by atoms with E-state index >= 15 is 0 Å². The van der Waals surface area contributed by atoms with Crippen LogP contribution in [0.5, 0.6) is 17.2 Å². The first-order valence-electron chi connectivity index (χ1n) is 6.54. The van der Waals surface area contributed by atoms with Crippen molar-refractivity contribution in [3.8, 4) is 17.2 Å². The predicted octanol–water partition coefficient (Wildman–Crippen LogP) is 3.58. The minimum absolute atomic E-state index is 0.00417. The van der Waals surface area contributed by atoms with E-state index in [0.29, 0.717) is 6.42 Å². The third kappa shape index (κ3) is 3.87. The highest BCUT2D eigenvalue weighted by Crippen LogP contribution is 2.28. The van der Waals surface area contributed by atoms with Gasteiger partial charge in [-0.05, 0) is 36.8 Å². The summed E-state index contributed by atoms with van der Waals surface area (Å²) in [4.78, 5) is 0. The molecular formula is C17H18O3. The van der Waals surface area contributed by atoms with Crippen molar-refractivity contribution in [1.29, 1.82) is 0 Å². The molecule has 0 spiro atoms. The van der Waals surface area contributed by atoms with Gasteiger partial charge < -0.3 is 14.6 Å². The van der Waals surface area contributed by atoms with Crippen LogP contribution >= 0.6 is 0 Å². The zero-order chi connectivity index (χ0) is 14.2. The molecule has 0 atom stereocenters. The molecule has 0 aliphatic rings. The molecular weight excluding hydrogens is 252 g/mol. The molecule has 104 valence electrons. The summed E-state index contributed by atoms with van der Waals surface area (Å²) in [6.45, 7) is 4.02. The second-order valence-electron chi connectivity index (χ2n) is 4.25. The van der Waals surface area contributed by atoms with E-state index in [9.17, 15) is 0 Å². The van der Waals surface area contributed by atoms with Gasteiger partial charge in [0.1, 0.15) is 23.9 Å². The fraction of sp³-hybridized carbons (Fsp3) is 0.176. The van der Waals surface area contributed by atoms with Gasteiger partial charge in [-0.3, -0.25) is 0 Å². The van der Waals surface area contributed by atoms with Gasteiger partial charge in [-0.25, -0.2) is 0 Å². The minimum Gasteiger partial charge on any atom is -0.491 e. The van der Waals surface area contributed by atoms with Crippen molar-refractivity contribution in [1.82, 2.24) is 0 Å². The van der Waals surface area contributed by atoms with E-state index in [-0.39, 0.29) is 13.2 Å². The third-order valence-corrected chi connectivity index (χ3v) is 2.72. The molecule has 0 bridgehead atoms. The molecule has 0 saturated carbocycles.